The maximum atomic E-state index is 13.9. The summed E-state index contributed by atoms with van der Waals surface area (Å²) in [4.78, 5) is 36.4. The number of thiophene rings is 1. The predicted octanol–water partition coefficient (Wildman–Crippen LogP) is 3.21. The van der Waals surface area contributed by atoms with Crippen molar-refractivity contribution in [2.45, 2.75) is 18.8 Å². The van der Waals surface area contributed by atoms with Crippen LogP contribution in [0.3, 0.4) is 0 Å². The maximum Gasteiger partial charge on any atom is 0.275 e. The highest BCUT2D eigenvalue weighted by Crippen LogP contribution is 2.39. The molecule has 0 spiro atoms. The van der Waals surface area contributed by atoms with Crippen LogP contribution >= 0.6 is 11.3 Å². The number of likely N-dealkylation sites (tertiary alicyclic amines) is 1. The van der Waals surface area contributed by atoms with Crippen LogP contribution in [0, 0.1) is 5.82 Å². The highest BCUT2D eigenvalue weighted by molar-refractivity contribution is 7.20. The molecular formula is C20H19FN4O2S. The minimum absolute atomic E-state index is 0.118. The first-order valence-corrected chi connectivity index (χ1v) is 9.91. The number of pyridine rings is 2. The van der Waals surface area contributed by atoms with Crippen molar-refractivity contribution in [2.24, 2.45) is 0 Å². The SMILES string of the molecule is CNC(=O)c1sc2ncccc2c1C1CCN(C(=O)c2ncccc2F)CC1. The molecule has 4 rings (SSSR count). The van der Waals surface area contributed by atoms with Crippen molar-refractivity contribution in [3.63, 3.8) is 0 Å². The monoisotopic (exact) mass is 398 g/mol. The van der Waals surface area contributed by atoms with E-state index in [0.29, 0.717) is 30.8 Å². The molecule has 28 heavy (non-hydrogen) atoms. The molecule has 1 saturated heterocycles. The zero-order chi connectivity index (χ0) is 19.7. The molecule has 0 radical (unpaired) electrons. The summed E-state index contributed by atoms with van der Waals surface area (Å²) in [6.07, 6.45) is 4.54. The molecule has 6 nitrogen and oxygen atoms in total. The first-order chi connectivity index (χ1) is 13.6. The third kappa shape index (κ3) is 3.24. The highest BCUT2D eigenvalue weighted by atomic mass is 32.1. The second-order valence-corrected chi connectivity index (χ2v) is 7.68. The lowest BCUT2D eigenvalue weighted by atomic mass is 9.87. The Balaban J connectivity index is 1.58. The average Bonchev–Trinajstić information content (AvgIpc) is 3.13. The number of fused-ring (bicyclic) bond motifs is 1. The van der Waals surface area contributed by atoms with Crippen LogP contribution in [0.5, 0.6) is 0 Å². The zero-order valence-electron chi connectivity index (χ0n) is 15.3. The van der Waals surface area contributed by atoms with Crippen molar-refractivity contribution in [1.82, 2.24) is 20.2 Å². The normalized spacial score (nSPS) is 15.0. The molecule has 1 aliphatic heterocycles. The number of hydrogen-bond acceptors (Lipinski definition) is 5. The summed E-state index contributed by atoms with van der Waals surface area (Å²) < 4.78 is 13.9. The van der Waals surface area contributed by atoms with E-state index in [1.165, 1.54) is 29.7 Å². The van der Waals surface area contributed by atoms with Gasteiger partial charge in [0.2, 0.25) is 0 Å². The van der Waals surface area contributed by atoms with Gasteiger partial charge >= 0.3 is 0 Å². The van der Waals surface area contributed by atoms with Gasteiger partial charge in [0.15, 0.2) is 11.5 Å². The Morgan fingerprint density at radius 1 is 1.18 bits per heavy atom. The van der Waals surface area contributed by atoms with Gasteiger partial charge in [-0.05, 0) is 42.5 Å². The van der Waals surface area contributed by atoms with Gasteiger partial charge in [-0.2, -0.15) is 0 Å². The number of hydrogen-bond donors (Lipinski definition) is 1. The van der Waals surface area contributed by atoms with Crippen molar-refractivity contribution < 1.29 is 14.0 Å². The summed E-state index contributed by atoms with van der Waals surface area (Å²) in [6, 6.07) is 6.57. The molecule has 1 fully saturated rings. The number of amides is 2. The minimum atomic E-state index is -0.605. The molecule has 8 heteroatoms. The van der Waals surface area contributed by atoms with Crippen molar-refractivity contribution in [3.8, 4) is 0 Å². The number of nitrogens with one attached hydrogen (secondary N) is 1. The van der Waals surface area contributed by atoms with Crippen LogP contribution in [0.1, 0.15) is 44.5 Å². The molecule has 1 N–H and O–H groups in total. The van der Waals surface area contributed by atoms with Gasteiger partial charge in [-0.15, -0.1) is 11.3 Å². The fourth-order valence-corrected chi connectivity index (χ4v) is 4.88. The number of carbonyl (C=O) groups is 2. The summed E-state index contributed by atoms with van der Waals surface area (Å²) >= 11 is 1.39. The smallest absolute Gasteiger partial charge is 0.275 e. The lowest BCUT2D eigenvalue weighted by Crippen LogP contribution is -2.39. The van der Waals surface area contributed by atoms with E-state index in [9.17, 15) is 14.0 Å². The van der Waals surface area contributed by atoms with E-state index in [1.54, 1.807) is 18.1 Å². The summed E-state index contributed by atoms with van der Waals surface area (Å²) in [6.45, 7) is 0.981. The Kier molecular flexibility index (Phi) is 5.04. The second kappa shape index (κ2) is 7.63. The van der Waals surface area contributed by atoms with E-state index in [-0.39, 0.29) is 23.4 Å². The van der Waals surface area contributed by atoms with Gasteiger partial charge in [0, 0.05) is 37.9 Å². The Labute approximate surface area is 165 Å². The first-order valence-electron chi connectivity index (χ1n) is 9.09. The van der Waals surface area contributed by atoms with E-state index in [4.69, 9.17) is 0 Å². The second-order valence-electron chi connectivity index (χ2n) is 6.68. The van der Waals surface area contributed by atoms with Crippen LogP contribution in [0.4, 0.5) is 4.39 Å². The van der Waals surface area contributed by atoms with Crippen LogP contribution in [0.25, 0.3) is 10.2 Å². The zero-order valence-corrected chi connectivity index (χ0v) is 16.1. The fraction of sp³-hybridized carbons (Fsp3) is 0.300. The minimum Gasteiger partial charge on any atom is -0.354 e. The highest BCUT2D eigenvalue weighted by Gasteiger charge is 2.31. The molecule has 0 atom stereocenters. The number of piperidine rings is 1. The van der Waals surface area contributed by atoms with Crippen LogP contribution in [-0.2, 0) is 0 Å². The van der Waals surface area contributed by atoms with Crippen LogP contribution in [-0.4, -0.2) is 46.8 Å². The van der Waals surface area contributed by atoms with Crippen molar-refractivity contribution in [3.05, 3.63) is 58.6 Å². The fourth-order valence-electron chi connectivity index (χ4n) is 3.70. The number of aromatic nitrogens is 2. The van der Waals surface area contributed by atoms with Crippen LogP contribution < -0.4 is 5.32 Å². The Hall–Kier alpha value is -2.87. The lowest BCUT2D eigenvalue weighted by molar-refractivity contribution is 0.0701. The van der Waals surface area contributed by atoms with E-state index in [1.807, 2.05) is 12.1 Å². The largest absolute Gasteiger partial charge is 0.354 e. The lowest BCUT2D eigenvalue weighted by Gasteiger charge is -2.32. The van der Waals surface area contributed by atoms with Gasteiger partial charge in [-0.25, -0.2) is 14.4 Å². The molecule has 1 aliphatic rings. The Bertz CT molecular complexity index is 1040. The van der Waals surface area contributed by atoms with Crippen LogP contribution in [0.15, 0.2) is 36.7 Å². The maximum absolute atomic E-state index is 13.9. The molecule has 0 aliphatic carbocycles. The summed E-state index contributed by atoms with van der Waals surface area (Å²) in [5, 5.41) is 3.70. The van der Waals surface area contributed by atoms with Crippen LogP contribution in [0.2, 0.25) is 0 Å². The number of rotatable bonds is 3. The van der Waals surface area contributed by atoms with E-state index in [2.05, 4.69) is 15.3 Å². The number of carbonyl (C=O) groups excluding carboxylic acids is 2. The molecule has 2 amide bonds. The molecule has 0 unspecified atom stereocenters. The third-order valence-corrected chi connectivity index (χ3v) is 6.22. The molecule has 144 valence electrons. The topological polar surface area (TPSA) is 75.2 Å². The standard InChI is InChI=1S/C20H19FN4O2S/c1-22-18(26)17-15(13-4-2-9-24-19(13)28-17)12-6-10-25(11-7-12)20(27)16-14(21)5-3-8-23-16/h2-5,8-9,12H,6-7,10-11H2,1H3,(H,22,26). The molecule has 0 bridgehead atoms. The molecule has 0 saturated carbocycles. The summed E-state index contributed by atoms with van der Waals surface area (Å²) in [7, 11) is 1.62. The quantitative estimate of drug-likeness (QED) is 0.735. The Morgan fingerprint density at radius 3 is 2.61 bits per heavy atom. The van der Waals surface area contributed by atoms with E-state index >= 15 is 0 Å². The summed E-state index contributed by atoms with van der Waals surface area (Å²) in [5.41, 5.74) is 0.862. The third-order valence-electron chi connectivity index (χ3n) is 5.09. The van der Waals surface area contributed by atoms with Crippen molar-refractivity contribution in [1.29, 1.82) is 0 Å². The van der Waals surface area contributed by atoms with E-state index in [0.717, 1.165) is 15.8 Å². The predicted molar refractivity (Wildman–Crippen MR) is 105 cm³/mol. The molecule has 0 aromatic carbocycles. The first kappa shape index (κ1) is 18.5. The van der Waals surface area contributed by atoms with Gasteiger partial charge in [-0.3, -0.25) is 9.59 Å². The summed E-state index contributed by atoms with van der Waals surface area (Å²) in [5.74, 6) is -0.971. The molecule has 3 aromatic heterocycles. The molecule has 4 heterocycles. The molecule has 3 aromatic rings. The molecular weight excluding hydrogens is 379 g/mol. The van der Waals surface area contributed by atoms with Gasteiger partial charge in [0.25, 0.3) is 11.8 Å². The van der Waals surface area contributed by atoms with Gasteiger partial charge in [-0.1, -0.05) is 6.07 Å². The average molecular weight is 398 g/mol. The number of halogens is 1. The van der Waals surface area contributed by atoms with Gasteiger partial charge in [0.05, 0.1) is 4.88 Å². The van der Waals surface area contributed by atoms with Gasteiger partial charge in [0.1, 0.15) is 4.83 Å². The van der Waals surface area contributed by atoms with Gasteiger partial charge < -0.3 is 10.2 Å². The Morgan fingerprint density at radius 2 is 1.89 bits per heavy atom. The van der Waals surface area contributed by atoms with Crippen molar-refractivity contribution >= 4 is 33.4 Å². The number of nitrogens with zero attached hydrogens (tertiary/aromatic N) is 3. The van der Waals surface area contributed by atoms with E-state index < -0.39 is 5.82 Å². The van der Waals surface area contributed by atoms with Crippen molar-refractivity contribution in [2.75, 3.05) is 20.1 Å².